The van der Waals surface area contributed by atoms with E-state index < -0.39 is 0 Å². The van der Waals surface area contributed by atoms with Gasteiger partial charge in [0.15, 0.2) is 5.96 Å². The second-order valence-electron chi connectivity index (χ2n) is 4.94. The van der Waals surface area contributed by atoms with Crippen molar-refractivity contribution in [1.29, 1.82) is 0 Å². The number of aliphatic imine (C=N–C) groups is 1. The lowest BCUT2D eigenvalue weighted by molar-refractivity contribution is 0.410. The van der Waals surface area contributed by atoms with Crippen LogP contribution in [0.1, 0.15) is 18.4 Å². The summed E-state index contributed by atoms with van der Waals surface area (Å²) in [4.78, 5) is 4.21. The first-order chi connectivity index (χ1) is 10.2. The second-order valence-corrected chi connectivity index (χ2v) is 6.34. The van der Waals surface area contributed by atoms with Crippen LogP contribution in [0.25, 0.3) is 0 Å². The summed E-state index contributed by atoms with van der Waals surface area (Å²) in [6, 6.07) is 5.20. The SMILES string of the molecule is CN=C(NCc1cc(OC)ccc1O)NCC1CCCS1. The van der Waals surface area contributed by atoms with Crippen LogP contribution in [-0.2, 0) is 6.54 Å². The lowest BCUT2D eigenvalue weighted by Crippen LogP contribution is -2.39. The molecular formula is C15H23N3O2S. The minimum atomic E-state index is 0.255. The summed E-state index contributed by atoms with van der Waals surface area (Å²) in [7, 11) is 3.37. The molecule has 6 heteroatoms. The van der Waals surface area contributed by atoms with Crippen LogP contribution >= 0.6 is 11.8 Å². The molecule has 5 nitrogen and oxygen atoms in total. The Morgan fingerprint density at radius 1 is 1.48 bits per heavy atom. The van der Waals surface area contributed by atoms with E-state index in [1.807, 2.05) is 17.8 Å². The summed E-state index contributed by atoms with van der Waals surface area (Å²) < 4.78 is 5.17. The molecule has 1 saturated heterocycles. The molecule has 0 spiro atoms. The fourth-order valence-corrected chi connectivity index (χ4v) is 3.45. The Bertz CT molecular complexity index is 488. The molecular weight excluding hydrogens is 286 g/mol. The number of methoxy groups -OCH3 is 1. The van der Waals surface area contributed by atoms with Crippen LogP contribution in [0.4, 0.5) is 0 Å². The molecule has 116 valence electrons. The first-order valence-electron chi connectivity index (χ1n) is 7.15. The summed E-state index contributed by atoms with van der Waals surface area (Å²) in [5.74, 6) is 3.00. The Morgan fingerprint density at radius 2 is 2.33 bits per heavy atom. The number of nitrogens with one attached hydrogen (secondary N) is 2. The van der Waals surface area contributed by atoms with E-state index in [1.165, 1.54) is 18.6 Å². The fraction of sp³-hybridized carbons (Fsp3) is 0.533. The third-order valence-corrected chi connectivity index (χ3v) is 4.88. The quantitative estimate of drug-likeness (QED) is 0.573. The van der Waals surface area contributed by atoms with Crippen LogP contribution in [0.5, 0.6) is 11.5 Å². The Morgan fingerprint density at radius 3 is 3.00 bits per heavy atom. The molecule has 1 aromatic rings. The maximum Gasteiger partial charge on any atom is 0.191 e. The molecule has 21 heavy (non-hydrogen) atoms. The minimum Gasteiger partial charge on any atom is -0.508 e. The van der Waals surface area contributed by atoms with Gasteiger partial charge in [-0.3, -0.25) is 4.99 Å². The van der Waals surface area contributed by atoms with Crippen molar-refractivity contribution in [2.24, 2.45) is 4.99 Å². The molecule has 0 aromatic heterocycles. The van der Waals surface area contributed by atoms with Crippen molar-refractivity contribution < 1.29 is 9.84 Å². The molecule has 0 amide bonds. The van der Waals surface area contributed by atoms with Gasteiger partial charge in [0, 0.05) is 31.0 Å². The van der Waals surface area contributed by atoms with Gasteiger partial charge in [-0.15, -0.1) is 0 Å². The van der Waals surface area contributed by atoms with Crippen LogP contribution in [0, 0.1) is 0 Å². The summed E-state index contributed by atoms with van der Waals surface area (Å²) >= 11 is 2.01. The van der Waals surface area contributed by atoms with Crippen molar-refractivity contribution in [2.45, 2.75) is 24.6 Å². The highest BCUT2D eigenvalue weighted by Gasteiger charge is 2.15. The average molecular weight is 309 g/mol. The Hall–Kier alpha value is -1.56. The molecule has 1 unspecified atom stereocenters. The molecule has 0 bridgehead atoms. The number of ether oxygens (including phenoxy) is 1. The lowest BCUT2D eigenvalue weighted by Gasteiger charge is -2.15. The summed E-state index contributed by atoms with van der Waals surface area (Å²) in [5.41, 5.74) is 0.785. The number of benzene rings is 1. The topological polar surface area (TPSA) is 65.9 Å². The van der Waals surface area contributed by atoms with Crippen molar-refractivity contribution in [1.82, 2.24) is 10.6 Å². The molecule has 0 radical (unpaired) electrons. The van der Waals surface area contributed by atoms with E-state index in [-0.39, 0.29) is 5.75 Å². The summed E-state index contributed by atoms with van der Waals surface area (Å²) in [5, 5.41) is 17.1. The molecule has 0 saturated carbocycles. The number of phenolic OH excluding ortho intramolecular Hbond substituents is 1. The average Bonchev–Trinajstić information content (AvgIpc) is 3.02. The normalized spacial score (nSPS) is 18.6. The van der Waals surface area contributed by atoms with Gasteiger partial charge < -0.3 is 20.5 Å². The van der Waals surface area contributed by atoms with Crippen LogP contribution < -0.4 is 15.4 Å². The summed E-state index contributed by atoms with van der Waals surface area (Å²) in [6.45, 7) is 1.43. The molecule has 3 N–H and O–H groups in total. The van der Waals surface area contributed by atoms with Crippen molar-refractivity contribution >= 4 is 17.7 Å². The van der Waals surface area contributed by atoms with Gasteiger partial charge in [-0.2, -0.15) is 11.8 Å². The van der Waals surface area contributed by atoms with E-state index in [9.17, 15) is 5.11 Å². The number of nitrogens with zero attached hydrogens (tertiary/aromatic N) is 1. The lowest BCUT2D eigenvalue weighted by atomic mass is 10.2. The zero-order chi connectivity index (χ0) is 15.1. The number of hydrogen-bond acceptors (Lipinski definition) is 4. The molecule has 1 atom stereocenters. The molecule has 1 heterocycles. The van der Waals surface area contributed by atoms with Crippen LogP contribution in [-0.4, -0.2) is 42.8 Å². The highest BCUT2D eigenvalue weighted by Crippen LogP contribution is 2.25. The number of thioether (sulfide) groups is 1. The largest absolute Gasteiger partial charge is 0.508 e. The van der Waals surface area contributed by atoms with Crippen molar-refractivity contribution in [3.05, 3.63) is 23.8 Å². The molecule has 0 aliphatic carbocycles. The molecule has 1 aliphatic rings. The minimum absolute atomic E-state index is 0.255. The van der Waals surface area contributed by atoms with E-state index >= 15 is 0 Å². The van der Waals surface area contributed by atoms with E-state index in [1.54, 1.807) is 26.3 Å². The number of rotatable bonds is 5. The zero-order valence-electron chi connectivity index (χ0n) is 12.6. The van der Waals surface area contributed by atoms with Gasteiger partial charge >= 0.3 is 0 Å². The fourth-order valence-electron chi connectivity index (χ4n) is 2.25. The van der Waals surface area contributed by atoms with Crippen LogP contribution in [0.3, 0.4) is 0 Å². The van der Waals surface area contributed by atoms with Gasteiger partial charge in [0.1, 0.15) is 11.5 Å². The Labute approximate surface area is 130 Å². The predicted molar refractivity (Wildman–Crippen MR) is 88.3 cm³/mol. The predicted octanol–water partition coefficient (Wildman–Crippen LogP) is 1.96. The first-order valence-corrected chi connectivity index (χ1v) is 8.20. The number of hydrogen-bond donors (Lipinski definition) is 3. The molecule has 2 rings (SSSR count). The maximum atomic E-state index is 9.86. The first kappa shape index (κ1) is 15.8. The highest BCUT2D eigenvalue weighted by molar-refractivity contribution is 8.00. The molecule has 1 aromatic carbocycles. The molecule has 1 fully saturated rings. The molecule has 1 aliphatic heterocycles. The van der Waals surface area contributed by atoms with Crippen molar-refractivity contribution in [2.75, 3.05) is 26.5 Å². The maximum absolute atomic E-state index is 9.86. The van der Waals surface area contributed by atoms with E-state index in [4.69, 9.17) is 4.74 Å². The van der Waals surface area contributed by atoms with E-state index in [0.29, 0.717) is 11.8 Å². The number of aromatic hydroxyl groups is 1. The van der Waals surface area contributed by atoms with Crippen LogP contribution in [0.2, 0.25) is 0 Å². The zero-order valence-corrected chi connectivity index (χ0v) is 13.4. The van der Waals surface area contributed by atoms with Crippen molar-refractivity contribution in [3.8, 4) is 11.5 Å². The smallest absolute Gasteiger partial charge is 0.191 e. The summed E-state index contributed by atoms with van der Waals surface area (Å²) in [6.07, 6.45) is 2.58. The number of phenols is 1. The Kier molecular flexibility index (Phi) is 6.04. The van der Waals surface area contributed by atoms with Gasteiger partial charge in [0.2, 0.25) is 0 Å². The van der Waals surface area contributed by atoms with Gasteiger partial charge in [0.05, 0.1) is 7.11 Å². The third-order valence-electron chi connectivity index (χ3n) is 3.48. The van der Waals surface area contributed by atoms with Crippen molar-refractivity contribution in [3.63, 3.8) is 0 Å². The standard InChI is InChI=1S/C15H23N3O2S/c1-16-15(18-10-13-4-3-7-21-13)17-9-11-8-12(20-2)5-6-14(11)19/h5-6,8,13,19H,3-4,7,9-10H2,1-2H3,(H2,16,17,18). The Balaban J connectivity index is 1.84. The van der Waals surface area contributed by atoms with E-state index in [0.717, 1.165) is 23.8 Å². The van der Waals surface area contributed by atoms with Crippen LogP contribution in [0.15, 0.2) is 23.2 Å². The third kappa shape index (κ3) is 4.74. The highest BCUT2D eigenvalue weighted by atomic mass is 32.2. The monoisotopic (exact) mass is 309 g/mol. The second kappa shape index (κ2) is 8.02. The van der Waals surface area contributed by atoms with Gasteiger partial charge in [0.25, 0.3) is 0 Å². The van der Waals surface area contributed by atoms with Gasteiger partial charge in [-0.05, 0) is 36.8 Å². The number of guanidine groups is 1. The van der Waals surface area contributed by atoms with Gasteiger partial charge in [-0.1, -0.05) is 0 Å². The van der Waals surface area contributed by atoms with Gasteiger partial charge in [-0.25, -0.2) is 0 Å². The van der Waals surface area contributed by atoms with E-state index in [2.05, 4.69) is 15.6 Å².